The Morgan fingerprint density at radius 2 is 1.66 bits per heavy atom. The zero-order valence-corrected chi connectivity index (χ0v) is 15.4. The van der Waals surface area contributed by atoms with Gasteiger partial charge in [-0.3, -0.25) is 14.4 Å². The average Bonchev–Trinajstić information content (AvgIpc) is 3.03. The molecule has 2 aromatic rings. The van der Waals surface area contributed by atoms with Crippen LogP contribution in [-0.2, 0) is 25.9 Å². The van der Waals surface area contributed by atoms with Gasteiger partial charge < -0.3 is 4.90 Å². The van der Waals surface area contributed by atoms with Crippen molar-refractivity contribution in [2.45, 2.75) is 18.9 Å². The number of rotatable bonds is 3. The van der Waals surface area contributed by atoms with E-state index < -0.39 is 29.5 Å². The first-order valence-corrected chi connectivity index (χ1v) is 8.74. The van der Waals surface area contributed by atoms with Crippen LogP contribution in [0.1, 0.15) is 27.3 Å². The van der Waals surface area contributed by atoms with Crippen molar-refractivity contribution < 1.29 is 31.1 Å². The van der Waals surface area contributed by atoms with Gasteiger partial charge in [0.15, 0.2) is 5.69 Å². The van der Waals surface area contributed by atoms with Gasteiger partial charge in [-0.25, -0.2) is 0 Å². The van der Waals surface area contributed by atoms with E-state index >= 15 is 0 Å². The number of aryl methyl sites for hydroxylation is 1. The maximum atomic E-state index is 12.8. The van der Waals surface area contributed by atoms with Gasteiger partial charge in [0.1, 0.15) is 5.69 Å². The van der Waals surface area contributed by atoms with E-state index in [0.717, 1.165) is 22.9 Å². The van der Waals surface area contributed by atoms with Crippen LogP contribution in [0.4, 0.5) is 26.3 Å². The second-order valence-electron chi connectivity index (χ2n) is 6.80. The molecule has 29 heavy (non-hydrogen) atoms. The molecule has 1 amide bonds. The summed E-state index contributed by atoms with van der Waals surface area (Å²) >= 11 is 0. The lowest BCUT2D eigenvalue weighted by Crippen LogP contribution is -2.48. The molecule has 0 unspecified atom stereocenters. The number of alkyl halides is 6. The van der Waals surface area contributed by atoms with Gasteiger partial charge in [-0.15, -0.1) is 0 Å². The predicted molar refractivity (Wildman–Crippen MR) is 90.8 cm³/mol. The summed E-state index contributed by atoms with van der Waals surface area (Å²) in [6.45, 7) is 1.59. The van der Waals surface area contributed by atoms with E-state index in [-0.39, 0.29) is 25.3 Å². The highest BCUT2D eigenvalue weighted by molar-refractivity contribution is 5.92. The molecule has 1 saturated heterocycles. The Kier molecular flexibility index (Phi) is 5.61. The second kappa shape index (κ2) is 7.69. The largest absolute Gasteiger partial charge is 0.435 e. The molecule has 3 rings (SSSR count). The van der Waals surface area contributed by atoms with Crippen LogP contribution in [0.25, 0.3) is 0 Å². The number of aromatic nitrogens is 2. The number of carbonyl (C=O) groups excluding carboxylic acids is 1. The Balaban J connectivity index is 1.61. The third-order valence-corrected chi connectivity index (χ3v) is 4.71. The van der Waals surface area contributed by atoms with Crippen LogP contribution in [0, 0.1) is 0 Å². The normalized spacial score (nSPS) is 16.3. The van der Waals surface area contributed by atoms with Crippen molar-refractivity contribution in [2.75, 3.05) is 26.2 Å². The SMILES string of the molecule is Cn1nc(C(F)(F)F)cc1C(=O)N1CCN(Cc2cccc(C(F)(F)F)c2)CC1. The topological polar surface area (TPSA) is 41.4 Å². The van der Waals surface area contributed by atoms with Crippen LogP contribution in [0.5, 0.6) is 0 Å². The fourth-order valence-corrected chi connectivity index (χ4v) is 3.18. The third-order valence-electron chi connectivity index (χ3n) is 4.71. The quantitative estimate of drug-likeness (QED) is 0.715. The van der Waals surface area contributed by atoms with Crippen LogP contribution in [-0.4, -0.2) is 51.7 Å². The first-order chi connectivity index (χ1) is 13.4. The van der Waals surface area contributed by atoms with Crippen LogP contribution < -0.4 is 0 Å². The van der Waals surface area contributed by atoms with Crippen molar-refractivity contribution in [1.82, 2.24) is 19.6 Å². The van der Waals surface area contributed by atoms with Crippen LogP contribution in [0.3, 0.4) is 0 Å². The molecule has 0 aliphatic carbocycles. The summed E-state index contributed by atoms with van der Waals surface area (Å²) in [6, 6.07) is 5.76. The minimum absolute atomic E-state index is 0.163. The molecule has 1 aliphatic heterocycles. The zero-order chi connectivity index (χ0) is 21.4. The summed E-state index contributed by atoms with van der Waals surface area (Å²) in [7, 11) is 1.27. The lowest BCUT2D eigenvalue weighted by atomic mass is 10.1. The Morgan fingerprint density at radius 3 is 2.21 bits per heavy atom. The number of hydrogen-bond donors (Lipinski definition) is 0. The lowest BCUT2D eigenvalue weighted by Gasteiger charge is -2.34. The first kappa shape index (κ1) is 21.2. The molecular weight excluding hydrogens is 402 g/mol. The van der Waals surface area contributed by atoms with Crippen molar-refractivity contribution in [2.24, 2.45) is 7.05 Å². The molecule has 1 aromatic carbocycles. The maximum absolute atomic E-state index is 12.8. The van der Waals surface area contributed by atoms with E-state index in [4.69, 9.17) is 0 Å². The summed E-state index contributed by atoms with van der Waals surface area (Å²) in [5, 5.41) is 3.34. The molecule has 1 aliphatic rings. The van der Waals surface area contributed by atoms with Crippen LogP contribution >= 0.6 is 0 Å². The van der Waals surface area contributed by atoms with Gasteiger partial charge in [-0.05, 0) is 11.6 Å². The molecule has 158 valence electrons. The van der Waals surface area contributed by atoms with Gasteiger partial charge in [0.2, 0.25) is 0 Å². The zero-order valence-electron chi connectivity index (χ0n) is 15.4. The summed E-state index contributed by atoms with van der Waals surface area (Å²) in [5.41, 5.74) is -1.52. The van der Waals surface area contributed by atoms with Gasteiger partial charge in [0, 0.05) is 45.8 Å². The Bertz CT molecular complexity index is 881. The smallest absolute Gasteiger partial charge is 0.335 e. The molecule has 0 N–H and O–H groups in total. The molecule has 0 bridgehead atoms. The van der Waals surface area contributed by atoms with Gasteiger partial charge >= 0.3 is 12.4 Å². The number of halogens is 6. The fraction of sp³-hybridized carbons (Fsp3) is 0.444. The number of amides is 1. The molecule has 0 radical (unpaired) electrons. The molecule has 0 atom stereocenters. The molecule has 11 heteroatoms. The van der Waals surface area contributed by atoms with Crippen molar-refractivity contribution >= 4 is 5.91 Å². The predicted octanol–water partition coefficient (Wildman–Crippen LogP) is 3.42. The highest BCUT2D eigenvalue weighted by atomic mass is 19.4. The number of benzene rings is 1. The molecular formula is C18H18F6N4O. The fourth-order valence-electron chi connectivity index (χ4n) is 3.18. The highest BCUT2D eigenvalue weighted by Crippen LogP contribution is 2.30. The first-order valence-electron chi connectivity index (χ1n) is 8.74. The minimum Gasteiger partial charge on any atom is -0.335 e. The standard InChI is InChI=1S/C18H18F6N4O/c1-26-14(10-15(25-26)18(22,23)24)16(29)28-7-5-27(6-8-28)11-12-3-2-4-13(9-12)17(19,20)21/h2-4,9-10H,5-8,11H2,1H3. The minimum atomic E-state index is -4.64. The summed E-state index contributed by atoms with van der Waals surface area (Å²) < 4.78 is 77.7. The van der Waals surface area contributed by atoms with Crippen LogP contribution in [0.15, 0.2) is 30.3 Å². The molecule has 0 spiro atoms. The van der Waals surface area contributed by atoms with E-state index in [1.807, 2.05) is 4.90 Å². The molecule has 1 fully saturated rings. The Morgan fingerprint density at radius 1 is 1.00 bits per heavy atom. The third kappa shape index (κ3) is 4.89. The maximum Gasteiger partial charge on any atom is 0.435 e. The Labute approximate surface area is 162 Å². The molecule has 2 heterocycles. The monoisotopic (exact) mass is 420 g/mol. The van der Waals surface area contributed by atoms with Gasteiger partial charge in [0.05, 0.1) is 5.56 Å². The van der Waals surface area contributed by atoms with E-state index in [1.165, 1.54) is 18.0 Å². The molecule has 0 saturated carbocycles. The lowest BCUT2D eigenvalue weighted by molar-refractivity contribution is -0.141. The van der Waals surface area contributed by atoms with E-state index in [9.17, 15) is 31.1 Å². The average molecular weight is 420 g/mol. The number of piperazine rings is 1. The molecule has 1 aromatic heterocycles. The van der Waals surface area contributed by atoms with E-state index in [0.29, 0.717) is 18.7 Å². The number of hydrogen-bond acceptors (Lipinski definition) is 3. The van der Waals surface area contributed by atoms with E-state index in [1.54, 1.807) is 6.07 Å². The summed E-state index contributed by atoms with van der Waals surface area (Å²) in [4.78, 5) is 15.8. The number of carbonyl (C=O) groups is 1. The Hall–Kier alpha value is -2.56. The molecule has 5 nitrogen and oxygen atoms in total. The van der Waals surface area contributed by atoms with Crippen molar-refractivity contribution in [3.63, 3.8) is 0 Å². The van der Waals surface area contributed by atoms with Gasteiger partial charge in [0.25, 0.3) is 5.91 Å². The van der Waals surface area contributed by atoms with Gasteiger partial charge in [-0.1, -0.05) is 18.2 Å². The van der Waals surface area contributed by atoms with Crippen LogP contribution in [0.2, 0.25) is 0 Å². The van der Waals surface area contributed by atoms with Crippen molar-refractivity contribution in [3.8, 4) is 0 Å². The summed E-state index contributed by atoms with van der Waals surface area (Å²) in [5.74, 6) is -0.561. The van der Waals surface area contributed by atoms with Crippen molar-refractivity contribution in [3.05, 3.63) is 52.8 Å². The highest BCUT2D eigenvalue weighted by Gasteiger charge is 2.36. The van der Waals surface area contributed by atoms with Gasteiger partial charge in [-0.2, -0.15) is 31.4 Å². The second-order valence-corrected chi connectivity index (χ2v) is 6.80. The van der Waals surface area contributed by atoms with E-state index in [2.05, 4.69) is 5.10 Å². The summed E-state index contributed by atoms with van der Waals surface area (Å²) in [6.07, 6.45) is -9.06. The van der Waals surface area contributed by atoms with Crippen molar-refractivity contribution in [1.29, 1.82) is 0 Å². The number of nitrogens with zero attached hydrogens (tertiary/aromatic N) is 4.